The first-order valence-electron chi connectivity index (χ1n) is 8.48. The van der Waals surface area contributed by atoms with Crippen molar-refractivity contribution >= 4 is 23.3 Å². The van der Waals surface area contributed by atoms with Crippen LogP contribution in [-0.4, -0.2) is 35.4 Å². The molecule has 0 saturated heterocycles. The molecule has 0 aliphatic carbocycles. The van der Waals surface area contributed by atoms with Gasteiger partial charge in [0.1, 0.15) is 0 Å². The molecule has 0 heterocycles. The molecule has 2 rings (SSSR count). The Bertz CT molecular complexity index is 810. The second-order valence-electron chi connectivity index (χ2n) is 6.03. The predicted octanol–water partition coefficient (Wildman–Crippen LogP) is 3.33. The summed E-state index contributed by atoms with van der Waals surface area (Å²) in [5.41, 5.74) is 1.33. The molecule has 0 aliphatic heterocycles. The van der Waals surface area contributed by atoms with Crippen molar-refractivity contribution in [3.63, 3.8) is 0 Å². The van der Waals surface area contributed by atoms with Gasteiger partial charge in [0, 0.05) is 37.8 Å². The van der Waals surface area contributed by atoms with Gasteiger partial charge in [0.2, 0.25) is 5.91 Å². The van der Waals surface area contributed by atoms with Crippen LogP contribution in [0.25, 0.3) is 0 Å². The molecule has 2 aromatic rings. The number of para-hydroxylation sites is 1. The molecule has 1 atom stereocenters. The third kappa shape index (κ3) is 5.81. The predicted molar refractivity (Wildman–Crippen MR) is 102 cm³/mol. The lowest BCUT2D eigenvalue weighted by molar-refractivity contribution is -0.384. The molecule has 3 amide bonds. The number of non-ortho nitro benzene ring substituents is 1. The summed E-state index contributed by atoms with van der Waals surface area (Å²) in [6.45, 7) is 1.98. The SMILES string of the molecule is C[C@H](c1cccc([N+](=O)[O-])c1)N(C)C(=O)CCNC(=O)Nc1ccccc1. The van der Waals surface area contributed by atoms with Crippen LogP contribution < -0.4 is 10.6 Å². The number of nitro benzene ring substituents is 1. The molecule has 142 valence electrons. The number of nitrogens with zero attached hydrogens (tertiary/aromatic N) is 2. The highest BCUT2D eigenvalue weighted by molar-refractivity contribution is 5.89. The minimum atomic E-state index is -0.465. The number of hydrogen-bond acceptors (Lipinski definition) is 4. The van der Waals surface area contributed by atoms with Crippen LogP contribution in [0.1, 0.15) is 24.9 Å². The van der Waals surface area contributed by atoms with Gasteiger partial charge in [-0.2, -0.15) is 0 Å². The Morgan fingerprint density at radius 3 is 2.52 bits per heavy atom. The largest absolute Gasteiger partial charge is 0.339 e. The summed E-state index contributed by atoms with van der Waals surface area (Å²) in [5.74, 6) is -0.172. The Morgan fingerprint density at radius 2 is 1.85 bits per heavy atom. The van der Waals surface area contributed by atoms with E-state index in [1.165, 1.54) is 17.0 Å². The zero-order chi connectivity index (χ0) is 19.8. The van der Waals surface area contributed by atoms with Gasteiger partial charge in [-0.15, -0.1) is 0 Å². The molecule has 2 aromatic carbocycles. The molecule has 0 bridgehead atoms. The van der Waals surface area contributed by atoms with Gasteiger partial charge < -0.3 is 15.5 Å². The first kappa shape index (κ1) is 19.9. The van der Waals surface area contributed by atoms with Crippen LogP contribution in [0.4, 0.5) is 16.2 Å². The molecule has 27 heavy (non-hydrogen) atoms. The zero-order valence-electron chi connectivity index (χ0n) is 15.2. The fraction of sp³-hybridized carbons (Fsp3) is 0.263. The number of carbonyl (C=O) groups is 2. The normalized spacial score (nSPS) is 11.3. The van der Waals surface area contributed by atoms with E-state index in [2.05, 4.69) is 10.6 Å². The Kier molecular flexibility index (Phi) is 6.87. The first-order chi connectivity index (χ1) is 12.9. The summed E-state index contributed by atoms with van der Waals surface area (Å²) in [7, 11) is 1.63. The Balaban J connectivity index is 1.83. The van der Waals surface area contributed by atoms with Crippen LogP contribution in [-0.2, 0) is 4.79 Å². The number of nitro groups is 1. The maximum Gasteiger partial charge on any atom is 0.319 e. The van der Waals surface area contributed by atoms with E-state index in [4.69, 9.17) is 0 Å². The monoisotopic (exact) mass is 370 g/mol. The van der Waals surface area contributed by atoms with Crippen molar-refractivity contribution in [3.8, 4) is 0 Å². The Labute approximate surface area is 157 Å². The van der Waals surface area contributed by atoms with Crippen molar-refractivity contribution in [2.75, 3.05) is 18.9 Å². The summed E-state index contributed by atoms with van der Waals surface area (Å²) in [6.07, 6.45) is 0.123. The summed E-state index contributed by atoms with van der Waals surface area (Å²) in [5, 5.41) is 16.2. The number of rotatable bonds is 7. The van der Waals surface area contributed by atoms with Crippen molar-refractivity contribution in [3.05, 3.63) is 70.3 Å². The van der Waals surface area contributed by atoms with E-state index < -0.39 is 4.92 Å². The number of urea groups is 1. The fourth-order valence-corrected chi connectivity index (χ4v) is 2.49. The highest BCUT2D eigenvalue weighted by atomic mass is 16.6. The molecular formula is C19H22N4O4. The van der Waals surface area contributed by atoms with Gasteiger partial charge in [0.25, 0.3) is 5.69 Å². The van der Waals surface area contributed by atoms with Crippen molar-refractivity contribution in [2.24, 2.45) is 0 Å². The first-order valence-corrected chi connectivity index (χ1v) is 8.48. The van der Waals surface area contributed by atoms with Crippen LogP contribution in [0, 0.1) is 10.1 Å². The average Bonchev–Trinajstić information content (AvgIpc) is 2.67. The van der Waals surface area contributed by atoms with Crippen LogP contribution in [0.2, 0.25) is 0 Å². The van der Waals surface area contributed by atoms with Crippen molar-refractivity contribution in [2.45, 2.75) is 19.4 Å². The van der Waals surface area contributed by atoms with Gasteiger partial charge in [0.15, 0.2) is 0 Å². The summed E-state index contributed by atoms with van der Waals surface area (Å²) < 4.78 is 0. The molecule has 0 unspecified atom stereocenters. The van der Waals surface area contributed by atoms with Gasteiger partial charge >= 0.3 is 6.03 Å². The van der Waals surface area contributed by atoms with E-state index in [1.54, 1.807) is 38.2 Å². The summed E-state index contributed by atoms with van der Waals surface area (Å²) in [4.78, 5) is 36.1. The molecule has 8 nitrogen and oxygen atoms in total. The van der Waals surface area contributed by atoms with Crippen LogP contribution in [0.15, 0.2) is 54.6 Å². The number of benzene rings is 2. The molecule has 0 spiro atoms. The lowest BCUT2D eigenvalue weighted by Gasteiger charge is -2.25. The molecule has 0 saturated carbocycles. The topological polar surface area (TPSA) is 105 Å². The van der Waals surface area contributed by atoms with Gasteiger partial charge in [-0.05, 0) is 24.6 Å². The minimum absolute atomic E-state index is 0.0144. The van der Waals surface area contributed by atoms with Crippen LogP contribution in [0.5, 0.6) is 0 Å². The number of hydrogen-bond donors (Lipinski definition) is 2. The fourth-order valence-electron chi connectivity index (χ4n) is 2.49. The highest BCUT2D eigenvalue weighted by Gasteiger charge is 2.19. The van der Waals surface area contributed by atoms with Gasteiger partial charge in [0.05, 0.1) is 11.0 Å². The maximum absolute atomic E-state index is 12.3. The Morgan fingerprint density at radius 1 is 1.15 bits per heavy atom. The smallest absolute Gasteiger partial charge is 0.319 e. The second kappa shape index (κ2) is 9.33. The van der Waals surface area contributed by atoms with Gasteiger partial charge in [-0.25, -0.2) is 4.79 Å². The molecule has 0 aliphatic rings. The average molecular weight is 370 g/mol. The van der Waals surface area contributed by atoms with E-state index in [0.29, 0.717) is 11.3 Å². The quantitative estimate of drug-likeness (QED) is 0.576. The zero-order valence-corrected chi connectivity index (χ0v) is 15.2. The number of amides is 3. The lowest BCUT2D eigenvalue weighted by atomic mass is 10.1. The van der Waals surface area contributed by atoms with Crippen molar-refractivity contribution in [1.29, 1.82) is 0 Å². The Hall–Kier alpha value is -3.42. The van der Waals surface area contributed by atoms with Gasteiger partial charge in [-0.1, -0.05) is 30.3 Å². The van der Waals surface area contributed by atoms with Crippen LogP contribution >= 0.6 is 0 Å². The molecular weight excluding hydrogens is 348 g/mol. The minimum Gasteiger partial charge on any atom is -0.339 e. The van der Waals surface area contributed by atoms with E-state index >= 15 is 0 Å². The van der Waals surface area contributed by atoms with Gasteiger partial charge in [-0.3, -0.25) is 14.9 Å². The standard InChI is InChI=1S/C19H22N4O4/c1-14(15-7-6-10-17(13-15)23(26)27)22(2)18(24)11-12-20-19(25)21-16-8-4-3-5-9-16/h3-10,13-14H,11-12H2,1-2H3,(H2,20,21,25)/t14-/m1/s1. The van der Waals surface area contributed by atoms with Crippen molar-refractivity contribution < 1.29 is 14.5 Å². The van der Waals surface area contributed by atoms with E-state index in [0.717, 1.165) is 0 Å². The molecule has 8 heteroatoms. The third-order valence-corrected chi connectivity index (χ3v) is 4.19. The third-order valence-electron chi connectivity index (χ3n) is 4.19. The number of carbonyl (C=O) groups excluding carboxylic acids is 2. The second-order valence-corrected chi connectivity index (χ2v) is 6.03. The molecule has 0 fully saturated rings. The van der Waals surface area contributed by atoms with E-state index in [1.807, 2.05) is 18.2 Å². The van der Waals surface area contributed by atoms with E-state index in [-0.39, 0.29) is 36.6 Å². The molecule has 0 radical (unpaired) electrons. The molecule has 2 N–H and O–H groups in total. The van der Waals surface area contributed by atoms with Crippen molar-refractivity contribution in [1.82, 2.24) is 10.2 Å². The highest BCUT2D eigenvalue weighted by Crippen LogP contribution is 2.23. The summed E-state index contributed by atoms with van der Waals surface area (Å²) >= 11 is 0. The molecule has 0 aromatic heterocycles. The maximum atomic E-state index is 12.3. The number of nitrogens with one attached hydrogen (secondary N) is 2. The summed E-state index contributed by atoms with van der Waals surface area (Å²) in [6, 6.07) is 14.5. The van der Waals surface area contributed by atoms with Crippen LogP contribution in [0.3, 0.4) is 0 Å². The number of anilines is 1. The van der Waals surface area contributed by atoms with E-state index in [9.17, 15) is 19.7 Å². The lowest BCUT2D eigenvalue weighted by Crippen LogP contribution is -2.35.